The van der Waals surface area contributed by atoms with Crippen molar-refractivity contribution in [2.75, 3.05) is 18.5 Å². The van der Waals surface area contributed by atoms with Crippen molar-refractivity contribution >= 4 is 40.6 Å². The minimum absolute atomic E-state index is 0.113. The van der Waals surface area contributed by atoms with Crippen LogP contribution in [0.5, 0.6) is 0 Å². The Bertz CT molecular complexity index is 876. The van der Waals surface area contributed by atoms with Gasteiger partial charge >= 0.3 is 5.97 Å². The summed E-state index contributed by atoms with van der Waals surface area (Å²) in [5.74, 6) is -1.88. The fraction of sp³-hybridized carbons (Fsp3) is 0.222. The number of benzene rings is 1. The zero-order valence-electron chi connectivity index (χ0n) is 13.9. The summed E-state index contributed by atoms with van der Waals surface area (Å²) in [6.07, 6.45) is 0. The molecule has 0 bridgehead atoms. The highest BCUT2D eigenvalue weighted by molar-refractivity contribution is 7.12. The van der Waals surface area contributed by atoms with Crippen LogP contribution in [0.2, 0.25) is 0 Å². The van der Waals surface area contributed by atoms with Crippen molar-refractivity contribution in [3.8, 4) is 0 Å². The van der Waals surface area contributed by atoms with Gasteiger partial charge in [-0.15, -0.1) is 11.3 Å². The van der Waals surface area contributed by atoms with E-state index in [0.717, 1.165) is 5.56 Å². The van der Waals surface area contributed by atoms with Crippen LogP contribution < -0.4 is 10.6 Å². The van der Waals surface area contributed by atoms with Crippen molar-refractivity contribution in [3.05, 3.63) is 51.7 Å². The summed E-state index contributed by atoms with van der Waals surface area (Å²) in [6.45, 7) is 1.01. The average molecular weight is 372 g/mol. The molecule has 1 atom stereocenters. The Hall–Kier alpha value is -3.00. The summed E-state index contributed by atoms with van der Waals surface area (Å²) in [4.78, 5) is 47.7. The smallest absolute Gasteiger partial charge is 0.325 e. The molecule has 2 N–H and O–H groups in total. The number of anilines is 1. The molecule has 2 amide bonds. The molecule has 0 radical (unpaired) electrons. The number of Topliss-reactive ketones (excluding diaryl/α,β-unsaturated/α-hetero) is 1. The van der Waals surface area contributed by atoms with Gasteiger partial charge in [0.2, 0.25) is 5.91 Å². The Balaban J connectivity index is 1.50. The Labute approximate surface area is 153 Å². The van der Waals surface area contributed by atoms with Crippen LogP contribution in [0.1, 0.15) is 38.4 Å². The number of carbonyl (C=O) groups excluding carboxylic acids is 4. The lowest BCUT2D eigenvalue weighted by Gasteiger charge is -2.07. The molecule has 0 saturated carbocycles. The summed E-state index contributed by atoms with van der Waals surface area (Å²) < 4.78 is 4.91. The number of amides is 2. The van der Waals surface area contributed by atoms with Gasteiger partial charge in [0.05, 0.1) is 10.8 Å². The summed E-state index contributed by atoms with van der Waals surface area (Å²) in [6, 6.07) is 8.24. The quantitative estimate of drug-likeness (QED) is 0.596. The molecule has 1 aliphatic heterocycles. The number of thiophene rings is 1. The zero-order chi connectivity index (χ0) is 18.7. The lowest BCUT2D eigenvalue weighted by atomic mass is 9.99. The van der Waals surface area contributed by atoms with E-state index in [-0.39, 0.29) is 30.1 Å². The van der Waals surface area contributed by atoms with Crippen LogP contribution in [-0.4, -0.2) is 36.7 Å². The van der Waals surface area contributed by atoms with Crippen molar-refractivity contribution in [3.63, 3.8) is 0 Å². The van der Waals surface area contributed by atoms with Gasteiger partial charge in [0.15, 0.2) is 12.4 Å². The highest BCUT2D eigenvalue weighted by atomic mass is 32.1. The molecule has 0 aliphatic carbocycles. The number of ether oxygens (including phenoxy) is 1. The average Bonchev–Trinajstić information content (AvgIpc) is 3.26. The van der Waals surface area contributed by atoms with Gasteiger partial charge in [-0.2, -0.15) is 0 Å². The summed E-state index contributed by atoms with van der Waals surface area (Å²) in [7, 11) is 0. The van der Waals surface area contributed by atoms with Crippen molar-refractivity contribution < 1.29 is 23.9 Å². The minimum Gasteiger partial charge on any atom is -0.456 e. The van der Waals surface area contributed by atoms with Gasteiger partial charge < -0.3 is 15.4 Å². The molecule has 0 fully saturated rings. The maximum absolute atomic E-state index is 12.2. The number of ketones is 1. The summed E-state index contributed by atoms with van der Waals surface area (Å²) in [5, 5.41) is 6.92. The van der Waals surface area contributed by atoms with Crippen molar-refractivity contribution in [2.45, 2.75) is 12.8 Å². The fourth-order valence-corrected chi connectivity index (χ4v) is 3.16. The van der Waals surface area contributed by atoms with Gasteiger partial charge in [0.25, 0.3) is 5.91 Å². The van der Waals surface area contributed by atoms with Crippen LogP contribution in [-0.2, 0) is 14.3 Å². The summed E-state index contributed by atoms with van der Waals surface area (Å²) >= 11 is 1.26. The normalized spacial score (nSPS) is 15.1. The molecule has 0 saturated heterocycles. The second kappa shape index (κ2) is 7.49. The molecule has 1 aromatic carbocycles. The number of hydrogen-bond donors (Lipinski definition) is 2. The van der Waals surface area contributed by atoms with E-state index in [0.29, 0.717) is 16.1 Å². The molecule has 1 aliphatic rings. The molecule has 2 heterocycles. The van der Waals surface area contributed by atoms with Gasteiger partial charge in [-0.25, -0.2) is 0 Å². The summed E-state index contributed by atoms with van der Waals surface area (Å²) in [5.41, 5.74) is 1.80. The molecule has 134 valence electrons. The number of carbonyl (C=O) groups is 4. The van der Waals surface area contributed by atoms with Crippen LogP contribution in [0.3, 0.4) is 0 Å². The molecule has 26 heavy (non-hydrogen) atoms. The predicted molar refractivity (Wildman–Crippen MR) is 95.4 cm³/mol. The SMILES string of the molecule is C[C@H]1C(=O)Nc2ccc(C(=O)COC(=O)CNC(=O)c3cccs3)cc21. The Morgan fingerprint density at radius 3 is 2.81 bits per heavy atom. The molecule has 2 aromatic rings. The number of rotatable bonds is 6. The molecule has 0 unspecified atom stereocenters. The third-order valence-corrected chi connectivity index (χ3v) is 4.86. The standard InChI is InChI=1S/C18H16N2O5S/c1-10-12-7-11(4-5-13(12)20-17(10)23)14(21)9-25-16(22)8-19-18(24)15-3-2-6-26-15/h2-7,10H,8-9H2,1H3,(H,19,24)(H,20,23)/t10-/m1/s1. The van der Waals surface area contributed by atoms with E-state index >= 15 is 0 Å². The Kier molecular flexibility index (Phi) is 5.13. The topological polar surface area (TPSA) is 102 Å². The van der Waals surface area contributed by atoms with E-state index < -0.39 is 12.6 Å². The van der Waals surface area contributed by atoms with Crippen LogP contribution in [0, 0.1) is 0 Å². The maximum atomic E-state index is 12.2. The first-order valence-electron chi connectivity index (χ1n) is 7.91. The Morgan fingerprint density at radius 1 is 1.27 bits per heavy atom. The van der Waals surface area contributed by atoms with E-state index in [1.807, 2.05) is 0 Å². The number of esters is 1. The van der Waals surface area contributed by atoms with E-state index in [1.165, 1.54) is 11.3 Å². The third kappa shape index (κ3) is 3.80. The third-order valence-electron chi connectivity index (χ3n) is 3.99. The minimum atomic E-state index is -0.699. The van der Waals surface area contributed by atoms with Gasteiger partial charge in [-0.3, -0.25) is 19.2 Å². The molecule has 7 nitrogen and oxygen atoms in total. The fourth-order valence-electron chi connectivity index (χ4n) is 2.52. The lowest BCUT2D eigenvalue weighted by molar-refractivity contribution is -0.141. The molecular formula is C18H16N2O5S. The van der Waals surface area contributed by atoms with Crippen molar-refractivity contribution in [2.24, 2.45) is 0 Å². The van der Waals surface area contributed by atoms with E-state index in [9.17, 15) is 19.2 Å². The first-order valence-corrected chi connectivity index (χ1v) is 8.79. The number of nitrogens with one attached hydrogen (secondary N) is 2. The Morgan fingerprint density at radius 2 is 2.08 bits per heavy atom. The van der Waals surface area contributed by atoms with E-state index in [1.54, 1.807) is 42.6 Å². The number of fused-ring (bicyclic) bond motifs is 1. The second-order valence-corrected chi connectivity index (χ2v) is 6.70. The molecular weight excluding hydrogens is 356 g/mol. The molecule has 0 spiro atoms. The largest absolute Gasteiger partial charge is 0.456 e. The lowest BCUT2D eigenvalue weighted by Crippen LogP contribution is -2.31. The molecule has 1 aromatic heterocycles. The zero-order valence-corrected chi connectivity index (χ0v) is 14.7. The predicted octanol–water partition coefficient (Wildman–Crippen LogP) is 1.96. The van der Waals surface area contributed by atoms with Crippen LogP contribution in [0.25, 0.3) is 0 Å². The molecule has 8 heteroatoms. The first-order chi connectivity index (χ1) is 12.5. The van der Waals surface area contributed by atoms with E-state index in [4.69, 9.17) is 4.74 Å². The van der Waals surface area contributed by atoms with Crippen molar-refractivity contribution in [1.82, 2.24) is 5.32 Å². The highest BCUT2D eigenvalue weighted by Gasteiger charge is 2.27. The van der Waals surface area contributed by atoms with Gasteiger partial charge in [0.1, 0.15) is 6.54 Å². The van der Waals surface area contributed by atoms with Gasteiger partial charge in [0, 0.05) is 11.3 Å². The van der Waals surface area contributed by atoms with Gasteiger partial charge in [-0.1, -0.05) is 6.07 Å². The maximum Gasteiger partial charge on any atom is 0.325 e. The monoisotopic (exact) mass is 372 g/mol. The van der Waals surface area contributed by atoms with Crippen LogP contribution >= 0.6 is 11.3 Å². The highest BCUT2D eigenvalue weighted by Crippen LogP contribution is 2.32. The van der Waals surface area contributed by atoms with Gasteiger partial charge in [-0.05, 0) is 42.1 Å². The van der Waals surface area contributed by atoms with Crippen LogP contribution in [0.4, 0.5) is 5.69 Å². The first kappa shape index (κ1) is 17.8. The number of hydrogen-bond acceptors (Lipinski definition) is 6. The van der Waals surface area contributed by atoms with E-state index in [2.05, 4.69) is 10.6 Å². The second-order valence-electron chi connectivity index (χ2n) is 5.76. The van der Waals surface area contributed by atoms with Crippen molar-refractivity contribution in [1.29, 1.82) is 0 Å². The molecule has 3 rings (SSSR count). The van der Waals surface area contributed by atoms with Crippen LogP contribution in [0.15, 0.2) is 35.7 Å².